The number of benzene rings is 3. The molecule has 0 saturated heterocycles. The zero-order chi connectivity index (χ0) is 32.2. The summed E-state index contributed by atoms with van der Waals surface area (Å²) in [4.78, 5) is 66.3. The summed E-state index contributed by atoms with van der Waals surface area (Å²) >= 11 is 0. The molecule has 3 atom stereocenters. The summed E-state index contributed by atoms with van der Waals surface area (Å²) in [5.41, 5.74) is 3.12. The lowest BCUT2D eigenvalue weighted by Gasteiger charge is -2.23. The Morgan fingerprint density at radius 2 is 1.38 bits per heavy atom. The van der Waals surface area contributed by atoms with Gasteiger partial charge in [-0.15, -0.1) is 0 Å². The van der Waals surface area contributed by atoms with Gasteiger partial charge in [0.25, 0.3) is 0 Å². The molecule has 0 radical (unpaired) electrons. The minimum Gasteiger partial charge on any atom is -0.480 e. The molecule has 3 aromatic carbocycles. The van der Waals surface area contributed by atoms with Crippen molar-refractivity contribution < 1.29 is 33.8 Å². The number of alkyl carbamates (subject to hydrolysis) is 1. The highest BCUT2D eigenvalue weighted by Crippen LogP contribution is 2.19. The van der Waals surface area contributed by atoms with E-state index in [0.717, 1.165) is 27.6 Å². The van der Waals surface area contributed by atoms with Gasteiger partial charge in [-0.3, -0.25) is 19.2 Å². The molecule has 0 aliphatic carbocycles. The molecule has 234 valence electrons. The molecule has 0 fully saturated rings. The van der Waals surface area contributed by atoms with E-state index in [-0.39, 0.29) is 19.4 Å². The molecule has 0 saturated carbocycles. The van der Waals surface area contributed by atoms with E-state index in [2.05, 4.69) is 26.3 Å². The van der Waals surface area contributed by atoms with Gasteiger partial charge in [0.1, 0.15) is 24.7 Å². The maximum Gasteiger partial charge on any atom is 0.408 e. The van der Waals surface area contributed by atoms with E-state index in [9.17, 15) is 24.0 Å². The van der Waals surface area contributed by atoms with E-state index in [1.165, 1.54) is 6.92 Å². The van der Waals surface area contributed by atoms with Crippen LogP contribution in [0.3, 0.4) is 0 Å². The second-order valence-electron chi connectivity index (χ2n) is 10.4. The van der Waals surface area contributed by atoms with Crippen LogP contribution >= 0.6 is 0 Å². The number of aromatic nitrogens is 1. The average Bonchev–Trinajstić information content (AvgIpc) is 3.45. The fourth-order valence-electron chi connectivity index (χ4n) is 4.61. The number of carbonyl (C=O) groups excluding carboxylic acids is 4. The quantitative estimate of drug-likeness (QED) is 0.126. The van der Waals surface area contributed by atoms with Crippen LogP contribution in [0.1, 0.15) is 23.6 Å². The van der Waals surface area contributed by atoms with E-state index in [1.807, 2.05) is 72.8 Å². The van der Waals surface area contributed by atoms with Crippen molar-refractivity contribution in [3.63, 3.8) is 0 Å². The number of aromatic amines is 1. The minimum absolute atomic E-state index is 0.000500. The Morgan fingerprint density at radius 1 is 0.756 bits per heavy atom. The largest absolute Gasteiger partial charge is 0.480 e. The monoisotopic (exact) mass is 613 g/mol. The van der Waals surface area contributed by atoms with Crippen LogP contribution < -0.4 is 21.3 Å². The molecule has 1 heterocycles. The highest BCUT2D eigenvalue weighted by atomic mass is 16.5. The lowest BCUT2D eigenvalue weighted by Crippen LogP contribution is -2.56. The second-order valence-corrected chi connectivity index (χ2v) is 10.4. The van der Waals surface area contributed by atoms with Crippen molar-refractivity contribution in [2.75, 3.05) is 6.54 Å². The van der Waals surface area contributed by atoms with Gasteiger partial charge in [-0.2, -0.15) is 0 Å². The summed E-state index contributed by atoms with van der Waals surface area (Å²) in [7, 11) is 0. The van der Waals surface area contributed by atoms with E-state index < -0.39 is 54.5 Å². The van der Waals surface area contributed by atoms with Crippen LogP contribution in [0.5, 0.6) is 0 Å². The Balaban J connectivity index is 1.51. The maximum atomic E-state index is 13.7. The molecule has 4 rings (SSSR count). The second kappa shape index (κ2) is 15.7. The highest BCUT2D eigenvalue weighted by Gasteiger charge is 2.29. The van der Waals surface area contributed by atoms with Crippen molar-refractivity contribution >= 4 is 40.7 Å². The highest BCUT2D eigenvalue weighted by molar-refractivity contribution is 5.94. The molecule has 4 amide bonds. The smallest absolute Gasteiger partial charge is 0.408 e. The van der Waals surface area contributed by atoms with Crippen LogP contribution in [-0.2, 0) is 43.4 Å². The summed E-state index contributed by atoms with van der Waals surface area (Å²) in [6.45, 7) is 0.793. The molecule has 45 heavy (non-hydrogen) atoms. The number of carboxylic acid groups (broad SMARTS) is 1. The number of para-hydroxylation sites is 1. The number of carboxylic acids is 1. The molecule has 0 unspecified atom stereocenters. The van der Waals surface area contributed by atoms with Crippen LogP contribution in [0.2, 0.25) is 0 Å². The molecule has 1 aromatic heterocycles. The number of aliphatic carboxylic acids is 1. The molecule has 0 aliphatic heterocycles. The number of hydrogen-bond acceptors (Lipinski definition) is 6. The topological polar surface area (TPSA) is 179 Å². The first kappa shape index (κ1) is 32.3. The average molecular weight is 614 g/mol. The van der Waals surface area contributed by atoms with Crippen LogP contribution in [0, 0.1) is 0 Å². The number of hydrogen-bond donors (Lipinski definition) is 6. The summed E-state index contributed by atoms with van der Waals surface area (Å²) in [5, 5.41) is 20.0. The SMILES string of the molecule is C[C@H](NC(=O)CNC(=O)[C@H](Cc1c[nH]c2ccccc12)NC(=O)[C@H](Cc1ccccc1)NC(=O)OCc1ccccc1)C(=O)O. The number of carbonyl (C=O) groups is 5. The van der Waals surface area contributed by atoms with Gasteiger partial charge in [0.2, 0.25) is 17.7 Å². The van der Waals surface area contributed by atoms with Crippen molar-refractivity contribution in [3.8, 4) is 0 Å². The first-order valence-corrected chi connectivity index (χ1v) is 14.4. The lowest BCUT2D eigenvalue weighted by atomic mass is 10.0. The third-order valence-corrected chi connectivity index (χ3v) is 7.01. The van der Waals surface area contributed by atoms with E-state index in [0.29, 0.717) is 0 Å². The van der Waals surface area contributed by atoms with Gasteiger partial charge in [-0.05, 0) is 29.7 Å². The standard InChI is InChI=1S/C33H35N5O7/c1-21(32(42)43)36-29(39)19-35-30(40)28(17-24-18-34-26-15-9-8-14-25(24)26)37-31(41)27(16-22-10-4-2-5-11-22)38-33(44)45-20-23-12-6-3-7-13-23/h2-15,18,21,27-28,34H,16-17,19-20H2,1H3,(H,35,40)(H,36,39)(H,37,41)(H,38,44)(H,42,43)/t21-,27-,28-/m0/s1. The third-order valence-electron chi connectivity index (χ3n) is 7.01. The van der Waals surface area contributed by atoms with Gasteiger partial charge in [-0.1, -0.05) is 78.9 Å². The van der Waals surface area contributed by atoms with E-state index in [4.69, 9.17) is 9.84 Å². The fraction of sp³-hybridized carbons (Fsp3) is 0.242. The number of amides is 4. The van der Waals surface area contributed by atoms with Gasteiger partial charge < -0.3 is 36.1 Å². The molecule has 12 heteroatoms. The summed E-state index contributed by atoms with van der Waals surface area (Å²) in [6, 6.07) is 22.2. The predicted octanol–water partition coefficient (Wildman–Crippen LogP) is 2.44. The Morgan fingerprint density at radius 3 is 2.07 bits per heavy atom. The normalized spacial score (nSPS) is 12.7. The molecule has 0 aliphatic rings. The fourth-order valence-corrected chi connectivity index (χ4v) is 4.61. The zero-order valence-corrected chi connectivity index (χ0v) is 24.6. The minimum atomic E-state index is -1.22. The molecule has 6 N–H and O–H groups in total. The van der Waals surface area contributed by atoms with Gasteiger partial charge in [0.15, 0.2) is 0 Å². The van der Waals surface area contributed by atoms with E-state index >= 15 is 0 Å². The van der Waals surface area contributed by atoms with Crippen molar-refractivity contribution in [2.24, 2.45) is 0 Å². The van der Waals surface area contributed by atoms with Gasteiger partial charge >= 0.3 is 12.1 Å². The third kappa shape index (κ3) is 9.68. The molecule has 4 aromatic rings. The van der Waals surface area contributed by atoms with Crippen LogP contribution in [0.25, 0.3) is 10.9 Å². The van der Waals surface area contributed by atoms with Gasteiger partial charge in [-0.25, -0.2) is 4.79 Å². The number of fused-ring (bicyclic) bond motifs is 1. The maximum absolute atomic E-state index is 13.7. The summed E-state index contributed by atoms with van der Waals surface area (Å²) in [5.74, 6) is -3.24. The Bertz CT molecular complexity index is 1620. The van der Waals surface area contributed by atoms with Crippen molar-refractivity contribution in [1.82, 2.24) is 26.3 Å². The molecular formula is C33H35N5O7. The van der Waals surface area contributed by atoms with Crippen molar-refractivity contribution in [2.45, 2.75) is 44.5 Å². The molecule has 12 nitrogen and oxygen atoms in total. The van der Waals surface area contributed by atoms with Crippen molar-refractivity contribution in [3.05, 3.63) is 108 Å². The first-order valence-electron chi connectivity index (χ1n) is 14.4. The first-order chi connectivity index (χ1) is 21.7. The van der Waals surface area contributed by atoms with Gasteiger partial charge in [0, 0.05) is 29.9 Å². The summed E-state index contributed by atoms with van der Waals surface area (Å²) < 4.78 is 5.35. The Hall–Kier alpha value is -5.65. The number of ether oxygens (including phenoxy) is 1. The number of H-pyrrole nitrogens is 1. The zero-order valence-electron chi connectivity index (χ0n) is 24.6. The lowest BCUT2D eigenvalue weighted by molar-refractivity contribution is -0.141. The molecule has 0 spiro atoms. The van der Waals surface area contributed by atoms with E-state index in [1.54, 1.807) is 18.3 Å². The predicted molar refractivity (Wildman–Crippen MR) is 166 cm³/mol. The Labute approximate surface area is 259 Å². The van der Waals surface area contributed by atoms with Crippen LogP contribution in [-0.4, -0.2) is 64.5 Å². The van der Waals surface area contributed by atoms with Gasteiger partial charge in [0.05, 0.1) is 6.54 Å². The molecular weight excluding hydrogens is 578 g/mol. The molecule has 0 bridgehead atoms. The van der Waals surface area contributed by atoms with Crippen LogP contribution in [0.4, 0.5) is 4.79 Å². The number of rotatable bonds is 14. The van der Waals surface area contributed by atoms with Crippen molar-refractivity contribution in [1.29, 1.82) is 0 Å². The number of nitrogens with one attached hydrogen (secondary N) is 5. The summed E-state index contributed by atoms with van der Waals surface area (Å²) in [6.07, 6.45) is 1.10. The Kier molecular flexibility index (Phi) is 11.3. The van der Waals surface area contributed by atoms with Crippen LogP contribution in [0.15, 0.2) is 91.1 Å².